The number of fused-ring (bicyclic) bond motifs is 1. The van der Waals surface area contributed by atoms with E-state index in [0.717, 1.165) is 11.3 Å². The highest BCUT2D eigenvalue weighted by atomic mass is 16.4. The van der Waals surface area contributed by atoms with Crippen molar-refractivity contribution in [3.8, 4) is 0 Å². The molecule has 4 heteroatoms. The van der Waals surface area contributed by atoms with Gasteiger partial charge in [-0.05, 0) is 18.6 Å². The largest absolute Gasteiger partial charge is 0.481 e. The zero-order chi connectivity index (χ0) is 10.8. The molecular weight excluding hydrogens is 192 g/mol. The van der Waals surface area contributed by atoms with Gasteiger partial charge in [0, 0.05) is 6.20 Å². The van der Waals surface area contributed by atoms with Crippen LogP contribution in [0.5, 0.6) is 0 Å². The Bertz CT molecular complexity index is 490. The molecule has 78 valence electrons. The molecule has 0 aliphatic carbocycles. The number of carbonyl (C=O) groups is 1. The van der Waals surface area contributed by atoms with Gasteiger partial charge in [-0.2, -0.15) is 0 Å². The fourth-order valence-corrected chi connectivity index (χ4v) is 1.72. The van der Waals surface area contributed by atoms with Crippen LogP contribution in [0.25, 0.3) is 5.65 Å². The van der Waals surface area contributed by atoms with Crippen LogP contribution in [0.2, 0.25) is 0 Å². The van der Waals surface area contributed by atoms with Gasteiger partial charge in [-0.15, -0.1) is 0 Å². The van der Waals surface area contributed by atoms with E-state index in [0.29, 0.717) is 6.42 Å². The second-order valence-corrected chi connectivity index (χ2v) is 3.41. The third-order valence-electron chi connectivity index (χ3n) is 2.51. The first kappa shape index (κ1) is 9.71. The van der Waals surface area contributed by atoms with Crippen LogP contribution < -0.4 is 0 Å². The molecule has 4 nitrogen and oxygen atoms in total. The predicted molar refractivity (Wildman–Crippen MR) is 55.9 cm³/mol. The molecule has 0 amide bonds. The Kier molecular flexibility index (Phi) is 2.41. The molecule has 2 aromatic rings. The lowest BCUT2D eigenvalue weighted by atomic mass is 10.0. The van der Waals surface area contributed by atoms with Crippen molar-refractivity contribution < 1.29 is 9.90 Å². The normalized spacial score (nSPS) is 12.9. The van der Waals surface area contributed by atoms with Crippen LogP contribution in [0.1, 0.15) is 25.0 Å². The highest BCUT2D eigenvalue weighted by Crippen LogP contribution is 2.20. The number of rotatable bonds is 3. The van der Waals surface area contributed by atoms with E-state index in [2.05, 4.69) is 4.98 Å². The van der Waals surface area contributed by atoms with Gasteiger partial charge >= 0.3 is 5.97 Å². The summed E-state index contributed by atoms with van der Waals surface area (Å²) in [6.45, 7) is 1.86. The first-order valence-electron chi connectivity index (χ1n) is 4.89. The average molecular weight is 204 g/mol. The second-order valence-electron chi connectivity index (χ2n) is 3.41. The lowest BCUT2D eigenvalue weighted by molar-refractivity contribution is -0.139. The van der Waals surface area contributed by atoms with Gasteiger partial charge in [-0.3, -0.25) is 4.79 Å². The number of hydrogen-bond acceptors (Lipinski definition) is 2. The number of nitrogens with zero attached hydrogens (tertiary/aromatic N) is 2. The van der Waals surface area contributed by atoms with E-state index in [1.54, 1.807) is 6.20 Å². The molecule has 0 bridgehead atoms. The molecule has 0 radical (unpaired) electrons. The fourth-order valence-electron chi connectivity index (χ4n) is 1.72. The standard InChI is InChI=1S/C11H12N2O2/c1-2-8(11(14)15)9-7-12-10-5-3-4-6-13(9)10/h3-8H,2H2,1H3,(H,14,15). The lowest BCUT2D eigenvalue weighted by Gasteiger charge is -2.08. The molecule has 0 saturated heterocycles. The van der Waals surface area contributed by atoms with E-state index in [4.69, 9.17) is 5.11 Å². The summed E-state index contributed by atoms with van der Waals surface area (Å²) in [5.74, 6) is -1.29. The lowest BCUT2D eigenvalue weighted by Crippen LogP contribution is -2.12. The van der Waals surface area contributed by atoms with Crippen molar-refractivity contribution >= 4 is 11.6 Å². The highest BCUT2D eigenvalue weighted by Gasteiger charge is 2.20. The highest BCUT2D eigenvalue weighted by molar-refractivity contribution is 5.75. The summed E-state index contributed by atoms with van der Waals surface area (Å²) in [6.07, 6.45) is 4.04. The average Bonchev–Trinajstić information content (AvgIpc) is 2.63. The SMILES string of the molecule is CCC(C(=O)O)c1cnc2ccccn12. The zero-order valence-electron chi connectivity index (χ0n) is 8.42. The molecule has 2 rings (SSSR count). The fraction of sp³-hybridized carbons (Fsp3) is 0.273. The van der Waals surface area contributed by atoms with E-state index in [-0.39, 0.29) is 0 Å². The van der Waals surface area contributed by atoms with E-state index in [1.165, 1.54) is 0 Å². The summed E-state index contributed by atoms with van der Waals surface area (Å²) in [6, 6.07) is 5.61. The Morgan fingerprint density at radius 1 is 1.60 bits per heavy atom. The Hall–Kier alpha value is -1.84. The van der Waals surface area contributed by atoms with Gasteiger partial charge in [-0.25, -0.2) is 4.98 Å². The quantitative estimate of drug-likeness (QED) is 0.830. The number of carboxylic acid groups (broad SMARTS) is 1. The van der Waals surface area contributed by atoms with Crippen LogP contribution in [-0.2, 0) is 4.79 Å². The maximum atomic E-state index is 11.0. The topological polar surface area (TPSA) is 54.6 Å². The van der Waals surface area contributed by atoms with E-state index >= 15 is 0 Å². The van der Waals surface area contributed by atoms with E-state index in [1.807, 2.05) is 35.7 Å². The minimum absolute atomic E-state index is 0.484. The monoisotopic (exact) mass is 204 g/mol. The first-order chi connectivity index (χ1) is 7.24. The summed E-state index contributed by atoms with van der Waals surface area (Å²) < 4.78 is 1.82. The molecule has 15 heavy (non-hydrogen) atoms. The van der Waals surface area contributed by atoms with Crippen molar-refractivity contribution in [2.75, 3.05) is 0 Å². The Balaban J connectivity index is 2.55. The molecular formula is C11H12N2O2. The van der Waals surface area contributed by atoms with Crippen molar-refractivity contribution in [1.29, 1.82) is 0 Å². The minimum atomic E-state index is -0.803. The number of aromatic nitrogens is 2. The van der Waals surface area contributed by atoms with Crippen LogP contribution in [0.15, 0.2) is 30.6 Å². The molecule has 0 fully saturated rings. The van der Waals surface area contributed by atoms with Gasteiger partial charge < -0.3 is 9.51 Å². The third-order valence-corrected chi connectivity index (χ3v) is 2.51. The maximum absolute atomic E-state index is 11.0. The Morgan fingerprint density at radius 3 is 3.07 bits per heavy atom. The molecule has 0 spiro atoms. The second kappa shape index (κ2) is 3.73. The number of carboxylic acids is 1. The van der Waals surface area contributed by atoms with Crippen LogP contribution in [-0.4, -0.2) is 20.5 Å². The first-order valence-corrected chi connectivity index (χ1v) is 4.89. The molecule has 0 aromatic carbocycles. The summed E-state index contributed by atoms with van der Waals surface area (Å²) in [4.78, 5) is 15.2. The zero-order valence-corrected chi connectivity index (χ0v) is 8.42. The van der Waals surface area contributed by atoms with Crippen molar-refractivity contribution in [3.05, 3.63) is 36.3 Å². The predicted octanol–water partition coefficient (Wildman–Crippen LogP) is 1.91. The van der Waals surface area contributed by atoms with Crippen molar-refractivity contribution in [1.82, 2.24) is 9.38 Å². The van der Waals surface area contributed by atoms with Crippen LogP contribution >= 0.6 is 0 Å². The molecule has 0 aliphatic rings. The molecule has 0 aliphatic heterocycles. The molecule has 1 unspecified atom stereocenters. The Labute approximate surface area is 87.2 Å². The van der Waals surface area contributed by atoms with Crippen LogP contribution in [0.3, 0.4) is 0 Å². The summed E-state index contributed by atoms with van der Waals surface area (Å²) in [7, 11) is 0. The van der Waals surface area contributed by atoms with Gasteiger partial charge in [-0.1, -0.05) is 13.0 Å². The Morgan fingerprint density at radius 2 is 2.40 bits per heavy atom. The van der Waals surface area contributed by atoms with Gasteiger partial charge in [0.2, 0.25) is 0 Å². The van der Waals surface area contributed by atoms with E-state index < -0.39 is 11.9 Å². The van der Waals surface area contributed by atoms with Crippen molar-refractivity contribution in [3.63, 3.8) is 0 Å². The number of imidazole rings is 1. The number of pyridine rings is 1. The summed E-state index contributed by atoms with van der Waals surface area (Å²) in [5, 5.41) is 9.06. The number of aliphatic carboxylic acids is 1. The smallest absolute Gasteiger partial charge is 0.312 e. The van der Waals surface area contributed by atoms with Gasteiger partial charge in [0.05, 0.1) is 17.8 Å². The van der Waals surface area contributed by atoms with Crippen LogP contribution in [0.4, 0.5) is 0 Å². The molecule has 1 N–H and O–H groups in total. The number of hydrogen-bond donors (Lipinski definition) is 1. The summed E-state index contributed by atoms with van der Waals surface area (Å²) >= 11 is 0. The molecule has 0 saturated carbocycles. The molecule has 2 aromatic heterocycles. The van der Waals surface area contributed by atoms with Gasteiger partial charge in [0.15, 0.2) is 0 Å². The molecule has 1 atom stereocenters. The van der Waals surface area contributed by atoms with E-state index in [9.17, 15) is 4.79 Å². The van der Waals surface area contributed by atoms with Crippen molar-refractivity contribution in [2.24, 2.45) is 0 Å². The van der Waals surface area contributed by atoms with Gasteiger partial charge in [0.25, 0.3) is 0 Å². The maximum Gasteiger partial charge on any atom is 0.312 e. The van der Waals surface area contributed by atoms with Gasteiger partial charge in [0.1, 0.15) is 5.65 Å². The van der Waals surface area contributed by atoms with Crippen molar-refractivity contribution in [2.45, 2.75) is 19.3 Å². The third kappa shape index (κ3) is 1.58. The summed E-state index contributed by atoms with van der Waals surface area (Å²) in [5.41, 5.74) is 1.52. The minimum Gasteiger partial charge on any atom is -0.481 e. The molecule has 2 heterocycles. The van der Waals surface area contributed by atoms with Crippen LogP contribution in [0, 0.1) is 0 Å².